The lowest BCUT2D eigenvalue weighted by atomic mass is 10.1. The zero-order valence-corrected chi connectivity index (χ0v) is 20.5. The average Bonchev–Trinajstić information content (AvgIpc) is 3.73. The van der Waals surface area contributed by atoms with Crippen LogP contribution in [-0.2, 0) is 10.9 Å². The van der Waals surface area contributed by atoms with E-state index in [1.807, 2.05) is 14.4 Å². The molecule has 2 aliphatic rings. The van der Waals surface area contributed by atoms with Crippen molar-refractivity contribution in [2.24, 2.45) is 0 Å². The highest BCUT2D eigenvalue weighted by atomic mass is 19.4. The fraction of sp³-hybridized carbons (Fsp3) is 0.385. The van der Waals surface area contributed by atoms with Gasteiger partial charge >= 0.3 is 12.1 Å². The van der Waals surface area contributed by atoms with Gasteiger partial charge in [0.1, 0.15) is 11.3 Å². The largest absolute Gasteiger partial charge is 0.462 e. The first kappa shape index (κ1) is 25.6. The average molecular weight is 531 g/mol. The van der Waals surface area contributed by atoms with Gasteiger partial charge in [0.05, 0.1) is 28.0 Å². The zero-order chi connectivity index (χ0) is 27.2. The number of esters is 1. The summed E-state index contributed by atoms with van der Waals surface area (Å²) in [6.45, 7) is 3.09. The fourth-order valence-electron chi connectivity index (χ4n) is 4.87. The third-order valence-corrected chi connectivity index (χ3v) is 6.92. The van der Waals surface area contributed by atoms with Crippen LogP contribution >= 0.6 is 0 Å². The van der Waals surface area contributed by atoms with Gasteiger partial charge < -0.3 is 19.1 Å². The number of rotatable bonds is 6. The maximum Gasteiger partial charge on any atom is 0.416 e. The molecule has 1 aliphatic heterocycles. The molecule has 0 amide bonds. The van der Waals surface area contributed by atoms with Crippen molar-refractivity contribution in [3.05, 3.63) is 74.1 Å². The number of nitro groups is 1. The van der Waals surface area contributed by atoms with Crippen LogP contribution in [0, 0.1) is 10.1 Å². The van der Waals surface area contributed by atoms with Crippen molar-refractivity contribution in [1.82, 2.24) is 4.57 Å². The van der Waals surface area contributed by atoms with Gasteiger partial charge in [0.2, 0.25) is 5.43 Å². The number of ether oxygens (including phenoxy) is 1. The Morgan fingerprint density at radius 1 is 1.11 bits per heavy atom. The van der Waals surface area contributed by atoms with E-state index in [1.54, 1.807) is 19.1 Å². The van der Waals surface area contributed by atoms with Crippen LogP contribution in [0.1, 0.15) is 41.7 Å². The molecule has 1 saturated carbocycles. The van der Waals surface area contributed by atoms with Crippen LogP contribution in [0.2, 0.25) is 0 Å². The Bertz CT molecular complexity index is 1470. The number of aromatic nitrogens is 1. The number of hydrogen-bond donors (Lipinski definition) is 0. The fourth-order valence-corrected chi connectivity index (χ4v) is 4.87. The van der Waals surface area contributed by atoms with Crippen LogP contribution in [0.4, 0.5) is 30.2 Å². The highest BCUT2D eigenvalue weighted by Gasteiger charge is 2.33. The molecule has 2 aromatic carbocycles. The van der Waals surface area contributed by atoms with Gasteiger partial charge in [0.25, 0.3) is 5.69 Å². The van der Waals surface area contributed by atoms with E-state index in [4.69, 9.17) is 4.74 Å². The molecular formula is C26H25F3N4O5. The molecular weight excluding hydrogens is 505 g/mol. The number of carbonyl (C=O) groups is 1. The molecule has 1 aromatic heterocycles. The molecule has 5 rings (SSSR count). The molecule has 200 valence electrons. The molecule has 2 fully saturated rings. The summed E-state index contributed by atoms with van der Waals surface area (Å²) in [5.41, 5.74) is -0.549. The van der Waals surface area contributed by atoms with E-state index in [9.17, 15) is 32.9 Å². The van der Waals surface area contributed by atoms with Crippen LogP contribution in [0.5, 0.6) is 0 Å². The summed E-state index contributed by atoms with van der Waals surface area (Å²) >= 11 is 0. The molecule has 0 unspecified atom stereocenters. The van der Waals surface area contributed by atoms with Crippen LogP contribution in [0.15, 0.2) is 47.4 Å². The summed E-state index contributed by atoms with van der Waals surface area (Å²) in [4.78, 5) is 40.7. The summed E-state index contributed by atoms with van der Waals surface area (Å²) in [7, 11) is 0. The van der Waals surface area contributed by atoms with Crippen molar-refractivity contribution in [1.29, 1.82) is 0 Å². The minimum atomic E-state index is -4.45. The number of pyridine rings is 1. The maximum absolute atomic E-state index is 13.2. The molecule has 0 N–H and O–H groups in total. The van der Waals surface area contributed by atoms with E-state index in [2.05, 4.69) is 0 Å². The van der Waals surface area contributed by atoms with E-state index in [-0.39, 0.29) is 29.3 Å². The second-order valence-electron chi connectivity index (χ2n) is 9.37. The molecule has 0 bridgehead atoms. The molecule has 2 heterocycles. The Kier molecular flexibility index (Phi) is 6.49. The van der Waals surface area contributed by atoms with Crippen LogP contribution in [-0.4, -0.2) is 48.2 Å². The monoisotopic (exact) mass is 530 g/mol. The Balaban J connectivity index is 1.50. The van der Waals surface area contributed by atoms with Gasteiger partial charge in [0.15, 0.2) is 0 Å². The highest BCUT2D eigenvalue weighted by molar-refractivity contribution is 5.96. The summed E-state index contributed by atoms with van der Waals surface area (Å²) in [5, 5.41) is 12.1. The van der Waals surface area contributed by atoms with Crippen molar-refractivity contribution in [2.45, 2.75) is 32.0 Å². The third kappa shape index (κ3) is 4.77. The van der Waals surface area contributed by atoms with E-state index in [0.717, 1.165) is 25.0 Å². The third-order valence-electron chi connectivity index (χ3n) is 6.92. The molecule has 3 aromatic rings. The van der Waals surface area contributed by atoms with Crippen molar-refractivity contribution in [2.75, 3.05) is 42.6 Å². The van der Waals surface area contributed by atoms with Crippen molar-refractivity contribution in [3.8, 4) is 0 Å². The molecule has 1 saturated heterocycles. The van der Waals surface area contributed by atoms with Gasteiger partial charge in [-0.3, -0.25) is 14.9 Å². The zero-order valence-electron chi connectivity index (χ0n) is 20.5. The van der Waals surface area contributed by atoms with E-state index in [0.29, 0.717) is 43.1 Å². The Morgan fingerprint density at radius 3 is 2.39 bits per heavy atom. The lowest BCUT2D eigenvalue weighted by Gasteiger charge is -2.37. The number of carbonyl (C=O) groups excluding carboxylic acids is 1. The van der Waals surface area contributed by atoms with E-state index >= 15 is 0 Å². The second kappa shape index (κ2) is 9.66. The number of alkyl halides is 3. The number of nitrogens with zero attached hydrogens (tertiary/aromatic N) is 4. The second-order valence-corrected chi connectivity index (χ2v) is 9.37. The molecule has 38 heavy (non-hydrogen) atoms. The van der Waals surface area contributed by atoms with Crippen LogP contribution < -0.4 is 15.2 Å². The normalized spacial score (nSPS) is 16.1. The molecule has 9 nitrogen and oxygen atoms in total. The highest BCUT2D eigenvalue weighted by Crippen LogP contribution is 2.40. The number of piperazine rings is 1. The van der Waals surface area contributed by atoms with E-state index in [1.165, 1.54) is 18.3 Å². The smallest absolute Gasteiger partial charge is 0.416 e. The summed E-state index contributed by atoms with van der Waals surface area (Å²) in [6, 6.07) is 7.99. The standard InChI is InChI=1S/C26H25F3N4O5/c1-2-38-25(35)20-15-32(17-6-7-17)21-14-22(23(33(36)37)13-19(21)24(20)34)31-10-8-30(9-11-31)18-5-3-4-16(12-18)26(27,28)29/h3-5,12-15,17H,2,6-11H2,1H3. The summed E-state index contributed by atoms with van der Waals surface area (Å²) < 4.78 is 46.3. The first-order valence-corrected chi connectivity index (χ1v) is 12.3. The van der Waals surface area contributed by atoms with Gasteiger partial charge in [-0.25, -0.2) is 4.79 Å². The molecule has 0 spiro atoms. The Labute approximate surface area is 215 Å². The number of anilines is 2. The predicted molar refractivity (Wildman–Crippen MR) is 135 cm³/mol. The van der Waals surface area contributed by atoms with Crippen LogP contribution in [0.3, 0.4) is 0 Å². The quantitative estimate of drug-likeness (QED) is 0.257. The minimum absolute atomic E-state index is 0.0679. The van der Waals surface area contributed by atoms with Crippen molar-refractivity contribution >= 4 is 33.9 Å². The first-order chi connectivity index (χ1) is 18.1. The Hall–Kier alpha value is -4.09. The lowest BCUT2D eigenvalue weighted by Crippen LogP contribution is -2.46. The van der Waals surface area contributed by atoms with Gasteiger partial charge in [-0.2, -0.15) is 13.2 Å². The number of halogens is 3. The number of hydrogen-bond acceptors (Lipinski definition) is 7. The van der Waals surface area contributed by atoms with E-state index < -0.39 is 28.1 Å². The number of nitro benzene ring substituents is 1. The topological polar surface area (TPSA) is 97.9 Å². The first-order valence-electron chi connectivity index (χ1n) is 12.3. The van der Waals surface area contributed by atoms with Gasteiger partial charge in [-0.15, -0.1) is 0 Å². The minimum Gasteiger partial charge on any atom is -0.462 e. The van der Waals surface area contributed by atoms with Gasteiger partial charge in [-0.1, -0.05) is 6.07 Å². The molecule has 12 heteroatoms. The molecule has 1 aliphatic carbocycles. The summed E-state index contributed by atoms with van der Waals surface area (Å²) in [6.07, 6.45) is -1.28. The maximum atomic E-state index is 13.2. The molecule has 0 atom stereocenters. The lowest BCUT2D eigenvalue weighted by molar-refractivity contribution is -0.384. The predicted octanol–water partition coefficient (Wildman–Crippen LogP) is 4.77. The number of benzene rings is 2. The number of fused-ring (bicyclic) bond motifs is 1. The SMILES string of the molecule is CCOC(=O)c1cn(C2CC2)c2cc(N3CCN(c4cccc(C(F)(F)F)c4)CC3)c([N+](=O)[O-])cc2c1=O. The van der Waals surface area contributed by atoms with Gasteiger partial charge in [0, 0.05) is 50.2 Å². The molecule has 0 radical (unpaired) electrons. The van der Waals surface area contributed by atoms with Crippen molar-refractivity contribution < 1.29 is 27.6 Å². The van der Waals surface area contributed by atoms with Crippen LogP contribution in [0.25, 0.3) is 10.9 Å². The Morgan fingerprint density at radius 2 is 1.79 bits per heavy atom. The van der Waals surface area contributed by atoms with Gasteiger partial charge in [-0.05, 0) is 44.0 Å². The van der Waals surface area contributed by atoms with Crippen molar-refractivity contribution in [3.63, 3.8) is 0 Å². The summed E-state index contributed by atoms with van der Waals surface area (Å²) in [5.74, 6) is -0.772.